The average molecular weight is 383 g/mol. The van der Waals surface area contributed by atoms with Gasteiger partial charge < -0.3 is 19.9 Å². The summed E-state index contributed by atoms with van der Waals surface area (Å²) in [5, 5.41) is 2.90. The normalized spacial score (nSPS) is 15.0. The average Bonchev–Trinajstić information content (AvgIpc) is 2.68. The Balaban J connectivity index is 1.69. The number of piperazine rings is 1. The zero-order valence-electron chi connectivity index (χ0n) is 17.1. The predicted octanol–water partition coefficient (Wildman–Crippen LogP) is 2.97. The number of aromatic nitrogens is 2. The Labute approximate surface area is 166 Å². The lowest BCUT2D eigenvalue weighted by Crippen LogP contribution is -2.47. The Hall–Kier alpha value is -2.67. The van der Waals surface area contributed by atoms with Crippen LogP contribution in [0.2, 0.25) is 0 Å². The molecular weight excluding hydrogens is 354 g/mol. The van der Waals surface area contributed by atoms with Gasteiger partial charge in [-0.2, -0.15) is 0 Å². The molecule has 7 nitrogen and oxygen atoms in total. The Morgan fingerprint density at radius 2 is 1.82 bits per heavy atom. The highest BCUT2D eigenvalue weighted by molar-refractivity contribution is 6.03. The molecule has 150 valence electrons. The van der Waals surface area contributed by atoms with Gasteiger partial charge in [0.2, 0.25) is 5.95 Å². The van der Waals surface area contributed by atoms with E-state index in [0.717, 1.165) is 44.2 Å². The summed E-state index contributed by atoms with van der Waals surface area (Å²) in [4.78, 5) is 26.3. The Kier molecular flexibility index (Phi) is 6.46. The van der Waals surface area contributed by atoms with Crippen molar-refractivity contribution in [3.8, 4) is 5.75 Å². The van der Waals surface area contributed by atoms with E-state index in [4.69, 9.17) is 4.74 Å². The van der Waals surface area contributed by atoms with Crippen LogP contribution in [-0.2, 0) is 0 Å². The second-order valence-electron chi connectivity index (χ2n) is 7.26. The number of ether oxygens (including phenoxy) is 1. The van der Waals surface area contributed by atoms with Crippen LogP contribution in [0.15, 0.2) is 30.3 Å². The third kappa shape index (κ3) is 5.19. The van der Waals surface area contributed by atoms with E-state index >= 15 is 0 Å². The summed E-state index contributed by atoms with van der Waals surface area (Å²) in [6.07, 6.45) is 0.113. The largest absolute Gasteiger partial charge is 0.491 e. The van der Waals surface area contributed by atoms with Crippen molar-refractivity contribution in [3.63, 3.8) is 0 Å². The van der Waals surface area contributed by atoms with Crippen LogP contribution in [0.1, 0.15) is 37.0 Å². The van der Waals surface area contributed by atoms with E-state index in [2.05, 4.69) is 32.0 Å². The number of nitrogens with one attached hydrogen (secondary N) is 1. The van der Waals surface area contributed by atoms with E-state index in [1.807, 2.05) is 45.0 Å². The van der Waals surface area contributed by atoms with Crippen LogP contribution < -0.4 is 15.0 Å². The molecule has 1 aromatic carbocycles. The first kappa shape index (κ1) is 20.1. The maximum atomic E-state index is 12.7. The Bertz CT molecular complexity index is 799. The first-order chi connectivity index (χ1) is 13.4. The van der Waals surface area contributed by atoms with Crippen LogP contribution in [0.3, 0.4) is 0 Å². The standard InChI is InChI=1S/C21H29N5O2/c1-5-25-10-12-26(13-11-25)21-22-16(4)14-19(24-21)20(27)23-17-6-8-18(9-7-17)28-15(2)3/h6-9,14-15H,5,10-13H2,1-4H3,(H,23,27). The monoisotopic (exact) mass is 383 g/mol. The lowest BCUT2D eigenvalue weighted by atomic mass is 10.2. The minimum atomic E-state index is -0.239. The van der Waals surface area contributed by atoms with Gasteiger partial charge in [0.25, 0.3) is 5.91 Å². The molecule has 3 rings (SSSR count). The van der Waals surface area contributed by atoms with E-state index in [-0.39, 0.29) is 12.0 Å². The van der Waals surface area contributed by atoms with E-state index in [0.29, 0.717) is 17.3 Å². The molecule has 0 radical (unpaired) electrons. The summed E-state index contributed by atoms with van der Waals surface area (Å²) in [5.74, 6) is 1.16. The highest BCUT2D eigenvalue weighted by Gasteiger charge is 2.20. The first-order valence-electron chi connectivity index (χ1n) is 9.85. The molecule has 1 amide bonds. The van der Waals surface area contributed by atoms with Crippen molar-refractivity contribution in [2.45, 2.75) is 33.8 Å². The lowest BCUT2D eigenvalue weighted by molar-refractivity contribution is 0.102. The van der Waals surface area contributed by atoms with Crippen LogP contribution in [-0.4, -0.2) is 59.6 Å². The third-order valence-electron chi connectivity index (χ3n) is 4.66. The van der Waals surface area contributed by atoms with Crippen molar-refractivity contribution < 1.29 is 9.53 Å². The molecule has 1 N–H and O–H groups in total. The van der Waals surface area contributed by atoms with Gasteiger partial charge in [-0.25, -0.2) is 9.97 Å². The number of benzene rings is 1. The molecule has 0 aliphatic carbocycles. The number of anilines is 2. The van der Waals surface area contributed by atoms with Crippen molar-refractivity contribution in [2.75, 3.05) is 42.9 Å². The molecule has 0 saturated carbocycles. The van der Waals surface area contributed by atoms with Crippen LogP contribution in [0.4, 0.5) is 11.6 Å². The Morgan fingerprint density at radius 3 is 2.43 bits per heavy atom. The number of rotatable bonds is 6. The number of likely N-dealkylation sites (N-methyl/N-ethyl adjacent to an activating group) is 1. The maximum absolute atomic E-state index is 12.7. The molecular formula is C21H29N5O2. The van der Waals surface area contributed by atoms with Gasteiger partial charge in [0.1, 0.15) is 11.4 Å². The smallest absolute Gasteiger partial charge is 0.274 e. The number of nitrogens with zero attached hydrogens (tertiary/aromatic N) is 4. The SMILES string of the molecule is CCN1CCN(c2nc(C)cc(C(=O)Nc3ccc(OC(C)C)cc3)n2)CC1. The molecule has 0 unspecified atom stereocenters. The molecule has 1 aromatic heterocycles. The zero-order chi connectivity index (χ0) is 20.1. The summed E-state index contributed by atoms with van der Waals surface area (Å²) in [7, 11) is 0. The van der Waals surface area contributed by atoms with E-state index in [9.17, 15) is 4.79 Å². The molecule has 2 aromatic rings. The predicted molar refractivity (Wildman–Crippen MR) is 111 cm³/mol. The second-order valence-corrected chi connectivity index (χ2v) is 7.26. The van der Waals surface area contributed by atoms with Gasteiger partial charge in [-0.05, 0) is 57.6 Å². The molecule has 1 saturated heterocycles. The van der Waals surface area contributed by atoms with Gasteiger partial charge in [0.05, 0.1) is 6.10 Å². The molecule has 0 atom stereocenters. The van der Waals surface area contributed by atoms with Crippen molar-refractivity contribution in [1.29, 1.82) is 0 Å². The minimum Gasteiger partial charge on any atom is -0.491 e. The number of carbonyl (C=O) groups is 1. The molecule has 7 heteroatoms. The fourth-order valence-corrected chi connectivity index (χ4v) is 3.16. The molecule has 1 aliphatic rings. The van der Waals surface area contributed by atoms with Gasteiger partial charge in [0, 0.05) is 37.6 Å². The summed E-state index contributed by atoms with van der Waals surface area (Å²) in [5.41, 5.74) is 1.87. The van der Waals surface area contributed by atoms with Crippen molar-refractivity contribution in [3.05, 3.63) is 41.7 Å². The van der Waals surface area contributed by atoms with Crippen molar-refractivity contribution in [2.24, 2.45) is 0 Å². The van der Waals surface area contributed by atoms with Gasteiger partial charge in [-0.3, -0.25) is 4.79 Å². The zero-order valence-corrected chi connectivity index (χ0v) is 17.1. The maximum Gasteiger partial charge on any atom is 0.274 e. The topological polar surface area (TPSA) is 70.6 Å². The molecule has 0 bridgehead atoms. The molecule has 28 heavy (non-hydrogen) atoms. The summed E-state index contributed by atoms with van der Waals surface area (Å²) in [6, 6.07) is 9.07. The van der Waals surface area contributed by atoms with E-state index in [1.165, 1.54) is 0 Å². The lowest BCUT2D eigenvalue weighted by Gasteiger charge is -2.34. The summed E-state index contributed by atoms with van der Waals surface area (Å²) in [6.45, 7) is 12.8. The second kappa shape index (κ2) is 9.01. The highest BCUT2D eigenvalue weighted by Crippen LogP contribution is 2.18. The third-order valence-corrected chi connectivity index (χ3v) is 4.66. The first-order valence-corrected chi connectivity index (χ1v) is 9.85. The summed E-state index contributed by atoms with van der Waals surface area (Å²) < 4.78 is 5.63. The number of hydrogen-bond acceptors (Lipinski definition) is 6. The Morgan fingerprint density at radius 1 is 1.14 bits per heavy atom. The highest BCUT2D eigenvalue weighted by atomic mass is 16.5. The molecule has 2 heterocycles. The van der Waals surface area contributed by atoms with Crippen molar-refractivity contribution >= 4 is 17.5 Å². The van der Waals surface area contributed by atoms with Gasteiger partial charge in [0.15, 0.2) is 0 Å². The summed E-state index contributed by atoms with van der Waals surface area (Å²) >= 11 is 0. The fourth-order valence-electron chi connectivity index (χ4n) is 3.16. The van der Waals surface area contributed by atoms with Crippen LogP contribution >= 0.6 is 0 Å². The number of amides is 1. The number of carbonyl (C=O) groups excluding carboxylic acids is 1. The molecule has 1 aliphatic heterocycles. The molecule has 1 fully saturated rings. The van der Waals surface area contributed by atoms with Crippen LogP contribution in [0, 0.1) is 6.92 Å². The van der Waals surface area contributed by atoms with Crippen LogP contribution in [0.25, 0.3) is 0 Å². The van der Waals surface area contributed by atoms with Crippen molar-refractivity contribution in [1.82, 2.24) is 14.9 Å². The number of aryl methyl sites for hydroxylation is 1. The van der Waals surface area contributed by atoms with Gasteiger partial charge >= 0.3 is 0 Å². The number of hydrogen-bond donors (Lipinski definition) is 1. The van der Waals surface area contributed by atoms with E-state index < -0.39 is 0 Å². The van der Waals surface area contributed by atoms with E-state index in [1.54, 1.807) is 6.07 Å². The molecule has 0 spiro atoms. The van der Waals surface area contributed by atoms with Crippen LogP contribution in [0.5, 0.6) is 5.75 Å². The van der Waals surface area contributed by atoms with Gasteiger partial charge in [-0.1, -0.05) is 6.92 Å². The minimum absolute atomic E-state index is 0.113. The quantitative estimate of drug-likeness (QED) is 0.827. The van der Waals surface area contributed by atoms with Gasteiger partial charge in [-0.15, -0.1) is 0 Å². The fraction of sp³-hybridized carbons (Fsp3) is 0.476.